The van der Waals surface area contributed by atoms with Gasteiger partial charge in [0.1, 0.15) is 19.3 Å². The standard InChI is InChI=1S/C30H52NO7P/c1-6-8-9-10-11-12-13-14-15-16-17-18-19-20-21-22-25-35-27-29(38-30(32)23-7-2)28-37-39(33,34)36-26-24-31(3,4)5/h8-9,11-12,14-15,17-18,20-21,29H,6-7,10,13,16,19,22-28H2,1-5H3/p+1/b9-8-,12-11-,15-14-,18-17-,21-20-. The molecule has 0 radical (unpaired) electrons. The Morgan fingerprint density at radius 2 is 1.33 bits per heavy atom. The van der Waals surface area contributed by atoms with Crippen LogP contribution in [0.3, 0.4) is 0 Å². The van der Waals surface area contributed by atoms with Gasteiger partial charge in [0.15, 0.2) is 0 Å². The van der Waals surface area contributed by atoms with Crippen molar-refractivity contribution >= 4 is 13.8 Å². The van der Waals surface area contributed by atoms with Crippen LogP contribution in [0, 0.1) is 0 Å². The number of carbonyl (C=O) groups is 1. The molecule has 2 unspecified atom stereocenters. The highest BCUT2D eigenvalue weighted by Gasteiger charge is 2.26. The van der Waals surface area contributed by atoms with Crippen molar-refractivity contribution in [3.8, 4) is 0 Å². The predicted octanol–water partition coefficient (Wildman–Crippen LogP) is 6.70. The molecule has 0 heterocycles. The minimum atomic E-state index is -4.25. The molecule has 0 saturated carbocycles. The Morgan fingerprint density at radius 1 is 0.795 bits per heavy atom. The number of rotatable bonds is 24. The maximum Gasteiger partial charge on any atom is 0.472 e. The number of hydrogen-bond donors (Lipinski definition) is 1. The molecule has 2 atom stereocenters. The van der Waals surface area contributed by atoms with E-state index >= 15 is 0 Å². The van der Waals surface area contributed by atoms with Crippen molar-refractivity contribution in [1.82, 2.24) is 0 Å². The topological polar surface area (TPSA) is 91.3 Å². The van der Waals surface area contributed by atoms with E-state index in [0.717, 1.165) is 32.1 Å². The lowest BCUT2D eigenvalue weighted by Gasteiger charge is -2.24. The Hall–Kier alpha value is -1.80. The zero-order valence-electron chi connectivity index (χ0n) is 24.8. The molecule has 39 heavy (non-hydrogen) atoms. The van der Waals surface area contributed by atoms with Gasteiger partial charge in [0.05, 0.1) is 41.0 Å². The first-order valence-electron chi connectivity index (χ1n) is 14.0. The summed E-state index contributed by atoms with van der Waals surface area (Å²) in [7, 11) is 1.60. The molecule has 8 nitrogen and oxygen atoms in total. The normalized spacial score (nSPS) is 15.3. The van der Waals surface area contributed by atoms with Crippen LogP contribution in [0.2, 0.25) is 0 Å². The van der Waals surface area contributed by atoms with Gasteiger partial charge < -0.3 is 18.9 Å². The number of ether oxygens (including phenoxy) is 2. The molecule has 1 N–H and O–H groups in total. The lowest BCUT2D eigenvalue weighted by Crippen LogP contribution is -2.37. The quantitative estimate of drug-likeness (QED) is 0.0454. The number of esters is 1. The van der Waals surface area contributed by atoms with E-state index < -0.39 is 19.9 Å². The molecule has 0 rings (SSSR count). The van der Waals surface area contributed by atoms with Crippen LogP contribution in [0.25, 0.3) is 0 Å². The van der Waals surface area contributed by atoms with E-state index in [0.29, 0.717) is 30.5 Å². The fourth-order valence-electron chi connectivity index (χ4n) is 2.94. The van der Waals surface area contributed by atoms with Crippen molar-refractivity contribution in [2.45, 2.75) is 71.3 Å². The van der Waals surface area contributed by atoms with Crippen molar-refractivity contribution < 1.29 is 37.3 Å². The largest absolute Gasteiger partial charge is 0.472 e. The summed E-state index contributed by atoms with van der Waals surface area (Å²) >= 11 is 0. The van der Waals surface area contributed by atoms with Crippen LogP contribution in [0.5, 0.6) is 0 Å². The third-order valence-corrected chi connectivity index (χ3v) is 6.07. The summed E-state index contributed by atoms with van der Waals surface area (Å²) in [6.45, 7) is 4.84. The molecule has 9 heteroatoms. The van der Waals surface area contributed by atoms with Crippen LogP contribution >= 0.6 is 7.82 Å². The minimum absolute atomic E-state index is 0.0685. The van der Waals surface area contributed by atoms with Crippen molar-refractivity contribution in [3.05, 3.63) is 60.8 Å². The lowest BCUT2D eigenvalue weighted by molar-refractivity contribution is -0.870. The first kappa shape index (κ1) is 37.2. The second kappa shape index (κ2) is 24.0. The second-order valence-corrected chi connectivity index (χ2v) is 11.5. The molecular weight excluding hydrogens is 517 g/mol. The Balaban J connectivity index is 4.22. The van der Waals surface area contributed by atoms with Crippen LogP contribution in [-0.4, -0.2) is 75.6 Å². The van der Waals surface area contributed by atoms with E-state index in [9.17, 15) is 14.3 Å². The van der Waals surface area contributed by atoms with Gasteiger partial charge in [-0.05, 0) is 44.9 Å². The first-order chi connectivity index (χ1) is 18.6. The Morgan fingerprint density at radius 3 is 1.85 bits per heavy atom. The van der Waals surface area contributed by atoms with Crippen molar-refractivity contribution in [2.75, 3.05) is 54.1 Å². The SMILES string of the molecule is CC/C=C\C/C=C\C/C=C\C/C=C\C/C=C\CCOCC(COP(=O)(O)OCC[N+](C)(C)C)OC(=O)CCC. The summed E-state index contributed by atoms with van der Waals surface area (Å²) in [6.07, 6.45) is 27.1. The highest BCUT2D eigenvalue weighted by Crippen LogP contribution is 2.43. The van der Waals surface area contributed by atoms with Crippen LogP contribution in [0.4, 0.5) is 0 Å². The molecule has 0 bridgehead atoms. The zero-order valence-corrected chi connectivity index (χ0v) is 25.7. The third kappa shape index (κ3) is 27.6. The van der Waals surface area contributed by atoms with Gasteiger partial charge in [0.2, 0.25) is 0 Å². The summed E-state index contributed by atoms with van der Waals surface area (Å²) in [6, 6.07) is 0. The molecule has 0 aliphatic heterocycles. The Kier molecular flexibility index (Phi) is 22.9. The van der Waals surface area contributed by atoms with Gasteiger partial charge >= 0.3 is 13.8 Å². The minimum Gasteiger partial charge on any atom is -0.457 e. The number of hydrogen-bond acceptors (Lipinski definition) is 6. The van der Waals surface area contributed by atoms with E-state index in [2.05, 4.69) is 61.6 Å². The van der Waals surface area contributed by atoms with Gasteiger partial charge in [0.25, 0.3) is 0 Å². The zero-order chi connectivity index (χ0) is 29.2. The number of likely N-dealkylation sites (N-methyl/N-ethyl adjacent to an activating group) is 1. The summed E-state index contributed by atoms with van der Waals surface area (Å²) in [5, 5.41) is 0. The third-order valence-electron chi connectivity index (χ3n) is 5.08. The van der Waals surface area contributed by atoms with Gasteiger partial charge in [-0.1, -0.05) is 74.6 Å². The average molecular weight is 571 g/mol. The Labute approximate surface area is 237 Å². The average Bonchev–Trinajstić information content (AvgIpc) is 2.85. The van der Waals surface area contributed by atoms with E-state index in [1.54, 1.807) is 0 Å². The van der Waals surface area contributed by atoms with E-state index in [1.807, 2.05) is 34.1 Å². The molecular formula is C30H53NO7P+. The van der Waals surface area contributed by atoms with Crippen molar-refractivity contribution in [3.63, 3.8) is 0 Å². The second-order valence-electron chi connectivity index (χ2n) is 10.0. The number of allylic oxidation sites excluding steroid dienone is 9. The number of nitrogens with zero attached hydrogens (tertiary/aromatic N) is 1. The van der Waals surface area contributed by atoms with Gasteiger partial charge in [-0.25, -0.2) is 4.57 Å². The number of phosphoric ester groups is 1. The molecule has 224 valence electrons. The molecule has 0 spiro atoms. The van der Waals surface area contributed by atoms with E-state index in [1.165, 1.54) is 0 Å². The molecule has 0 fully saturated rings. The molecule has 0 aromatic heterocycles. The summed E-state index contributed by atoms with van der Waals surface area (Å²) < 4.78 is 33.8. The van der Waals surface area contributed by atoms with Crippen LogP contribution < -0.4 is 0 Å². The monoisotopic (exact) mass is 570 g/mol. The molecule has 0 aliphatic rings. The predicted molar refractivity (Wildman–Crippen MR) is 159 cm³/mol. The van der Waals surface area contributed by atoms with Gasteiger partial charge in [-0.15, -0.1) is 0 Å². The molecule has 0 aromatic carbocycles. The van der Waals surface area contributed by atoms with E-state index in [-0.39, 0.29) is 26.2 Å². The van der Waals surface area contributed by atoms with Crippen LogP contribution in [0.15, 0.2) is 60.8 Å². The first-order valence-corrected chi connectivity index (χ1v) is 15.5. The summed E-state index contributed by atoms with van der Waals surface area (Å²) in [5.74, 6) is -0.397. The van der Waals surface area contributed by atoms with Crippen LogP contribution in [0.1, 0.15) is 65.2 Å². The number of carbonyl (C=O) groups excluding carboxylic acids is 1. The number of phosphoric acid groups is 1. The molecule has 0 aliphatic carbocycles. The fraction of sp³-hybridized carbons (Fsp3) is 0.633. The molecule has 0 amide bonds. The molecule has 0 aromatic rings. The lowest BCUT2D eigenvalue weighted by atomic mass is 10.2. The van der Waals surface area contributed by atoms with Gasteiger partial charge in [-0.3, -0.25) is 13.8 Å². The fourth-order valence-corrected chi connectivity index (χ4v) is 3.69. The highest BCUT2D eigenvalue weighted by atomic mass is 31.2. The van der Waals surface area contributed by atoms with Crippen molar-refractivity contribution in [1.29, 1.82) is 0 Å². The van der Waals surface area contributed by atoms with Crippen molar-refractivity contribution in [2.24, 2.45) is 0 Å². The van der Waals surface area contributed by atoms with Gasteiger partial charge in [0, 0.05) is 6.42 Å². The van der Waals surface area contributed by atoms with Gasteiger partial charge in [-0.2, -0.15) is 0 Å². The van der Waals surface area contributed by atoms with E-state index in [4.69, 9.17) is 18.5 Å². The highest BCUT2D eigenvalue weighted by molar-refractivity contribution is 7.47. The maximum absolute atomic E-state index is 12.2. The summed E-state index contributed by atoms with van der Waals surface area (Å²) in [4.78, 5) is 21.9. The Bertz CT molecular complexity index is 813. The summed E-state index contributed by atoms with van der Waals surface area (Å²) in [5.41, 5.74) is 0. The maximum atomic E-state index is 12.2. The van der Waals surface area contributed by atoms with Crippen LogP contribution in [-0.2, 0) is 27.9 Å². The number of quaternary nitrogens is 1. The molecule has 0 saturated heterocycles. The smallest absolute Gasteiger partial charge is 0.457 e.